The fraction of sp³-hybridized carbons (Fsp3) is 0.471. The molecule has 0 bridgehead atoms. The molecule has 0 fully saturated rings. The monoisotopic (exact) mass is 343 g/mol. The number of hydrogen-bond acceptors (Lipinski definition) is 6. The van der Waals surface area contributed by atoms with E-state index in [2.05, 4.69) is 38.4 Å². The molecule has 7 heteroatoms. The number of hydrogen-bond donors (Lipinski definition) is 0. The molecule has 3 aromatic heterocycles. The van der Waals surface area contributed by atoms with Gasteiger partial charge < -0.3 is 9.09 Å². The lowest BCUT2D eigenvalue weighted by molar-refractivity contribution is 0.211. The predicted molar refractivity (Wildman–Crippen MR) is 92.9 cm³/mol. The van der Waals surface area contributed by atoms with Crippen molar-refractivity contribution in [3.05, 3.63) is 40.6 Å². The van der Waals surface area contributed by atoms with Crippen LogP contribution in [0.1, 0.15) is 29.5 Å². The summed E-state index contributed by atoms with van der Waals surface area (Å²) >= 11 is 1.63. The summed E-state index contributed by atoms with van der Waals surface area (Å²) in [4.78, 5) is 12.7. The van der Waals surface area contributed by atoms with Crippen LogP contribution in [0.25, 0.3) is 10.7 Å². The summed E-state index contributed by atoms with van der Waals surface area (Å²) in [6, 6.07) is 4.01. The maximum atomic E-state index is 5.36. The van der Waals surface area contributed by atoms with Gasteiger partial charge in [-0.3, -0.25) is 4.90 Å². The highest BCUT2D eigenvalue weighted by molar-refractivity contribution is 7.13. The van der Waals surface area contributed by atoms with Gasteiger partial charge in [-0.2, -0.15) is 4.98 Å². The van der Waals surface area contributed by atoms with Crippen LogP contribution in [0.3, 0.4) is 0 Å². The Morgan fingerprint density at radius 3 is 3.00 bits per heavy atom. The molecule has 0 aliphatic carbocycles. The van der Waals surface area contributed by atoms with Gasteiger partial charge in [-0.25, -0.2) is 4.98 Å². The van der Waals surface area contributed by atoms with Crippen LogP contribution in [-0.2, 0) is 19.5 Å². The van der Waals surface area contributed by atoms with Crippen molar-refractivity contribution in [2.75, 3.05) is 13.1 Å². The van der Waals surface area contributed by atoms with Crippen LogP contribution in [-0.4, -0.2) is 37.7 Å². The maximum absolute atomic E-state index is 5.36. The molecule has 0 spiro atoms. The third kappa shape index (κ3) is 3.01. The van der Waals surface area contributed by atoms with Gasteiger partial charge >= 0.3 is 0 Å². The first-order valence-corrected chi connectivity index (χ1v) is 9.20. The van der Waals surface area contributed by atoms with Gasteiger partial charge in [0.2, 0.25) is 11.7 Å². The molecule has 4 rings (SSSR count). The SMILES string of the molecule is Cc1nc2n(c1C)CCN(CCCc1nc(-c3cccs3)no1)C2. The molecular weight excluding hydrogens is 322 g/mol. The number of imidazole rings is 1. The first-order valence-electron chi connectivity index (χ1n) is 8.32. The van der Waals surface area contributed by atoms with Crippen LogP contribution in [0.4, 0.5) is 0 Å². The van der Waals surface area contributed by atoms with E-state index in [0.717, 1.165) is 55.5 Å². The molecule has 4 heterocycles. The molecule has 0 radical (unpaired) electrons. The van der Waals surface area contributed by atoms with Crippen molar-refractivity contribution < 1.29 is 4.52 Å². The van der Waals surface area contributed by atoms with E-state index in [1.54, 1.807) is 11.3 Å². The Kier molecular flexibility index (Phi) is 4.20. The summed E-state index contributed by atoms with van der Waals surface area (Å²) in [6.45, 7) is 8.31. The molecule has 0 amide bonds. The average molecular weight is 343 g/mol. The second-order valence-electron chi connectivity index (χ2n) is 6.22. The van der Waals surface area contributed by atoms with Gasteiger partial charge in [0.15, 0.2) is 0 Å². The molecule has 6 nitrogen and oxygen atoms in total. The summed E-state index contributed by atoms with van der Waals surface area (Å²) in [5.41, 5.74) is 2.45. The Labute approximate surface area is 145 Å². The van der Waals surface area contributed by atoms with Crippen molar-refractivity contribution in [3.63, 3.8) is 0 Å². The highest BCUT2D eigenvalue weighted by Gasteiger charge is 2.20. The van der Waals surface area contributed by atoms with E-state index < -0.39 is 0 Å². The minimum Gasteiger partial charge on any atom is -0.339 e. The van der Waals surface area contributed by atoms with E-state index in [9.17, 15) is 0 Å². The predicted octanol–water partition coefficient (Wildman–Crippen LogP) is 3.06. The number of aromatic nitrogens is 4. The Hall–Kier alpha value is -1.99. The third-order valence-corrected chi connectivity index (χ3v) is 5.48. The summed E-state index contributed by atoms with van der Waals surface area (Å²) in [7, 11) is 0. The zero-order valence-electron chi connectivity index (χ0n) is 14.0. The van der Waals surface area contributed by atoms with Gasteiger partial charge in [-0.1, -0.05) is 11.2 Å². The molecule has 0 N–H and O–H groups in total. The first kappa shape index (κ1) is 15.5. The molecule has 3 aromatic rings. The minimum absolute atomic E-state index is 0.700. The van der Waals surface area contributed by atoms with Crippen molar-refractivity contribution in [1.82, 2.24) is 24.6 Å². The minimum atomic E-state index is 0.700. The quantitative estimate of drug-likeness (QED) is 0.712. The highest BCUT2D eigenvalue weighted by atomic mass is 32.1. The first-order chi connectivity index (χ1) is 11.7. The summed E-state index contributed by atoms with van der Waals surface area (Å²) in [5.74, 6) is 2.61. The van der Waals surface area contributed by atoms with Gasteiger partial charge in [-0.05, 0) is 38.3 Å². The second-order valence-corrected chi connectivity index (χ2v) is 7.17. The van der Waals surface area contributed by atoms with E-state index in [0.29, 0.717) is 5.82 Å². The van der Waals surface area contributed by atoms with Gasteiger partial charge in [0, 0.05) is 25.2 Å². The van der Waals surface area contributed by atoms with Crippen LogP contribution in [0.5, 0.6) is 0 Å². The van der Waals surface area contributed by atoms with E-state index in [1.807, 2.05) is 17.5 Å². The zero-order valence-corrected chi connectivity index (χ0v) is 14.8. The van der Waals surface area contributed by atoms with Crippen molar-refractivity contribution in [2.24, 2.45) is 0 Å². The van der Waals surface area contributed by atoms with E-state index in [4.69, 9.17) is 4.52 Å². The fourth-order valence-electron chi connectivity index (χ4n) is 3.17. The standard InChI is InChI=1S/C17H21N5OS/c1-12-13(2)22-9-8-21(11-15(22)18-12)7-3-6-16-19-17(20-23-16)14-5-4-10-24-14/h4-5,10H,3,6-9,11H2,1-2H3. The smallest absolute Gasteiger partial charge is 0.227 e. The van der Waals surface area contributed by atoms with Crippen molar-refractivity contribution in [2.45, 2.75) is 39.8 Å². The van der Waals surface area contributed by atoms with Crippen molar-refractivity contribution in [3.8, 4) is 10.7 Å². The van der Waals surface area contributed by atoms with Crippen LogP contribution in [0.15, 0.2) is 22.0 Å². The third-order valence-electron chi connectivity index (χ3n) is 4.62. The fourth-order valence-corrected chi connectivity index (χ4v) is 3.82. The van der Waals surface area contributed by atoms with E-state index >= 15 is 0 Å². The lowest BCUT2D eigenvalue weighted by Gasteiger charge is -2.27. The topological polar surface area (TPSA) is 60.0 Å². The highest BCUT2D eigenvalue weighted by Crippen LogP contribution is 2.22. The molecule has 24 heavy (non-hydrogen) atoms. The Morgan fingerprint density at radius 2 is 2.17 bits per heavy atom. The molecule has 0 saturated heterocycles. The van der Waals surface area contributed by atoms with Crippen LogP contribution < -0.4 is 0 Å². The second kappa shape index (κ2) is 6.49. The summed E-state index contributed by atoms with van der Waals surface area (Å²) < 4.78 is 7.71. The molecule has 0 aromatic carbocycles. The number of rotatable bonds is 5. The van der Waals surface area contributed by atoms with E-state index in [1.165, 1.54) is 11.5 Å². The van der Waals surface area contributed by atoms with E-state index in [-0.39, 0.29) is 0 Å². The Balaban J connectivity index is 1.30. The van der Waals surface area contributed by atoms with Gasteiger partial charge in [0.1, 0.15) is 5.82 Å². The normalized spacial score (nSPS) is 14.9. The van der Waals surface area contributed by atoms with Crippen molar-refractivity contribution in [1.29, 1.82) is 0 Å². The summed E-state index contributed by atoms with van der Waals surface area (Å²) in [5, 5.41) is 6.09. The molecule has 0 atom stereocenters. The molecule has 1 aliphatic rings. The molecule has 1 aliphatic heterocycles. The lowest BCUT2D eigenvalue weighted by Crippen LogP contribution is -2.35. The number of nitrogens with zero attached hydrogens (tertiary/aromatic N) is 5. The zero-order chi connectivity index (χ0) is 16.5. The molecule has 126 valence electrons. The molecule has 0 saturated carbocycles. The number of fused-ring (bicyclic) bond motifs is 1. The lowest BCUT2D eigenvalue weighted by atomic mass is 10.2. The van der Waals surface area contributed by atoms with Gasteiger partial charge in [-0.15, -0.1) is 11.3 Å². The Bertz CT molecular complexity index is 820. The molecule has 0 unspecified atom stereocenters. The van der Waals surface area contributed by atoms with Crippen LogP contribution >= 0.6 is 11.3 Å². The van der Waals surface area contributed by atoms with Crippen LogP contribution in [0, 0.1) is 13.8 Å². The Morgan fingerprint density at radius 1 is 1.25 bits per heavy atom. The summed E-state index contributed by atoms with van der Waals surface area (Å²) in [6.07, 6.45) is 1.84. The maximum Gasteiger partial charge on any atom is 0.227 e. The largest absolute Gasteiger partial charge is 0.339 e. The van der Waals surface area contributed by atoms with Gasteiger partial charge in [0.25, 0.3) is 0 Å². The average Bonchev–Trinajstić information content (AvgIpc) is 3.29. The molecular formula is C17H21N5OS. The van der Waals surface area contributed by atoms with Crippen LogP contribution in [0.2, 0.25) is 0 Å². The van der Waals surface area contributed by atoms with Gasteiger partial charge in [0.05, 0.1) is 17.1 Å². The number of aryl methyl sites for hydroxylation is 2. The number of thiophene rings is 1. The van der Waals surface area contributed by atoms with Crippen molar-refractivity contribution >= 4 is 11.3 Å².